The van der Waals surface area contributed by atoms with Crippen LogP contribution in [0.1, 0.15) is 258 Å². The predicted molar refractivity (Wildman–Crippen MR) is 293 cm³/mol. The third-order valence-corrected chi connectivity index (χ3v) is 11.8. The van der Waals surface area contributed by atoms with Gasteiger partial charge in [-0.3, -0.25) is 14.4 Å². The SMILES string of the molecule is CC/C=C\C/C=C\C/C=C\C/C=C\C/C=C\C/C=C\CCCCCCC(=O)OCC(COC(=O)CCCCCCC/C=C\CCCCC)OC(=O)CCCCCCC/C=C\CCCCCCCC. The minimum Gasteiger partial charge on any atom is -0.462 e. The number of unbranched alkanes of at least 4 members (excludes halogenated alkanes) is 23. The maximum atomic E-state index is 12.8. The highest BCUT2D eigenvalue weighted by atomic mass is 16.6. The summed E-state index contributed by atoms with van der Waals surface area (Å²) in [6, 6.07) is 0. The van der Waals surface area contributed by atoms with Crippen LogP contribution in [-0.4, -0.2) is 37.2 Å². The lowest BCUT2D eigenvalue weighted by molar-refractivity contribution is -0.167. The zero-order valence-electron chi connectivity index (χ0n) is 44.3. The van der Waals surface area contributed by atoms with Gasteiger partial charge in [-0.15, -0.1) is 0 Å². The van der Waals surface area contributed by atoms with Crippen LogP contribution in [0.3, 0.4) is 0 Å². The monoisotopic (exact) mass is 945 g/mol. The summed E-state index contributed by atoms with van der Waals surface area (Å²) in [5.74, 6) is -0.935. The molecule has 0 fully saturated rings. The van der Waals surface area contributed by atoms with Crippen molar-refractivity contribution >= 4 is 17.9 Å². The number of ether oxygens (including phenoxy) is 3. The van der Waals surface area contributed by atoms with E-state index in [-0.39, 0.29) is 31.1 Å². The van der Waals surface area contributed by atoms with Crippen LogP contribution in [0.25, 0.3) is 0 Å². The van der Waals surface area contributed by atoms with Gasteiger partial charge in [0.25, 0.3) is 0 Å². The summed E-state index contributed by atoms with van der Waals surface area (Å²) in [6.45, 7) is 6.46. The summed E-state index contributed by atoms with van der Waals surface area (Å²) in [6.07, 6.45) is 73.9. The van der Waals surface area contributed by atoms with E-state index in [9.17, 15) is 14.4 Å². The average molecular weight is 946 g/mol. The third kappa shape index (κ3) is 53.3. The van der Waals surface area contributed by atoms with Crippen LogP contribution in [0.5, 0.6) is 0 Å². The standard InChI is InChI=1S/C62H104O6/c1-4-7-10-13-16-19-22-25-27-28-29-30-31-32-33-34-36-37-40-43-46-49-52-55-61(64)67-58-59(57-66-60(63)54-51-48-45-42-39-24-21-18-15-12-9-6-3)68-62(65)56-53-50-47-44-41-38-35-26-23-20-17-14-11-8-5-2/h7,10,16,18-19,21,25-27,29-30,32-33,35-37,59H,4-6,8-9,11-15,17,20,22-24,28,31,34,38-58H2,1-3H3/b10-7-,19-16-,21-18-,27-25-,30-29-,33-32-,35-26-,37-36-. The van der Waals surface area contributed by atoms with Crippen molar-refractivity contribution in [3.8, 4) is 0 Å². The van der Waals surface area contributed by atoms with Crippen LogP contribution < -0.4 is 0 Å². The second-order valence-electron chi connectivity index (χ2n) is 18.5. The number of carbonyl (C=O) groups is 3. The van der Waals surface area contributed by atoms with Crippen molar-refractivity contribution in [2.75, 3.05) is 13.2 Å². The van der Waals surface area contributed by atoms with E-state index in [2.05, 4.69) is 118 Å². The van der Waals surface area contributed by atoms with E-state index in [1.807, 2.05) is 0 Å². The van der Waals surface area contributed by atoms with Gasteiger partial charge >= 0.3 is 17.9 Å². The van der Waals surface area contributed by atoms with Gasteiger partial charge in [0.1, 0.15) is 13.2 Å². The lowest BCUT2D eigenvalue weighted by Gasteiger charge is -2.18. The number of carbonyl (C=O) groups excluding carboxylic acids is 3. The molecule has 0 bridgehead atoms. The first-order valence-electron chi connectivity index (χ1n) is 28.2. The van der Waals surface area contributed by atoms with Crippen LogP contribution in [0.2, 0.25) is 0 Å². The first-order valence-corrected chi connectivity index (χ1v) is 28.2. The van der Waals surface area contributed by atoms with Crippen LogP contribution in [-0.2, 0) is 28.6 Å². The molecular formula is C62H104O6. The van der Waals surface area contributed by atoms with Crippen LogP contribution >= 0.6 is 0 Å². The van der Waals surface area contributed by atoms with Gasteiger partial charge in [0.05, 0.1) is 0 Å². The Morgan fingerprint density at radius 3 is 0.941 bits per heavy atom. The molecule has 6 nitrogen and oxygen atoms in total. The van der Waals surface area contributed by atoms with Gasteiger partial charge in [-0.1, -0.05) is 214 Å². The molecule has 0 aromatic carbocycles. The maximum absolute atomic E-state index is 12.8. The van der Waals surface area contributed by atoms with Gasteiger partial charge in [0, 0.05) is 19.3 Å². The van der Waals surface area contributed by atoms with Crippen molar-refractivity contribution in [2.45, 2.75) is 264 Å². The molecule has 1 unspecified atom stereocenters. The molecule has 0 aliphatic rings. The van der Waals surface area contributed by atoms with E-state index in [1.54, 1.807) is 0 Å². The molecule has 0 radical (unpaired) electrons. The number of hydrogen-bond donors (Lipinski definition) is 0. The summed E-state index contributed by atoms with van der Waals surface area (Å²) in [4.78, 5) is 38.1. The number of esters is 3. The Balaban J connectivity index is 4.42. The van der Waals surface area contributed by atoms with Gasteiger partial charge in [-0.25, -0.2) is 0 Å². The molecule has 0 aliphatic carbocycles. The molecule has 0 aliphatic heterocycles. The smallest absolute Gasteiger partial charge is 0.306 e. The molecule has 388 valence electrons. The van der Waals surface area contributed by atoms with Crippen molar-refractivity contribution in [1.29, 1.82) is 0 Å². The number of allylic oxidation sites excluding steroid dienone is 16. The van der Waals surface area contributed by atoms with E-state index < -0.39 is 6.10 Å². The first-order chi connectivity index (χ1) is 33.5. The molecule has 0 N–H and O–H groups in total. The third-order valence-electron chi connectivity index (χ3n) is 11.8. The Morgan fingerprint density at radius 2 is 0.574 bits per heavy atom. The highest BCUT2D eigenvalue weighted by Gasteiger charge is 2.19. The van der Waals surface area contributed by atoms with Gasteiger partial charge in [-0.05, 0) is 122 Å². The Morgan fingerprint density at radius 1 is 0.309 bits per heavy atom. The largest absolute Gasteiger partial charge is 0.462 e. The Bertz CT molecular complexity index is 1360. The fraction of sp³-hybridized carbons (Fsp3) is 0.694. The first kappa shape index (κ1) is 64.3. The fourth-order valence-corrected chi connectivity index (χ4v) is 7.55. The minimum absolute atomic E-state index is 0.0938. The normalized spacial score (nSPS) is 12.8. The minimum atomic E-state index is -0.796. The summed E-state index contributed by atoms with van der Waals surface area (Å²) < 4.78 is 16.8. The van der Waals surface area contributed by atoms with Crippen molar-refractivity contribution in [3.05, 3.63) is 97.2 Å². The quantitative estimate of drug-likeness (QED) is 0.0262. The average Bonchev–Trinajstić information content (AvgIpc) is 3.34. The Hall–Kier alpha value is -3.67. The lowest BCUT2D eigenvalue weighted by Crippen LogP contribution is -2.30. The molecule has 0 amide bonds. The number of hydrogen-bond acceptors (Lipinski definition) is 6. The van der Waals surface area contributed by atoms with Gasteiger partial charge < -0.3 is 14.2 Å². The molecule has 0 rings (SSSR count). The zero-order chi connectivity index (χ0) is 49.3. The molecule has 0 saturated heterocycles. The summed E-state index contributed by atoms with van der Waals surface area (Å²) in [5.41, 5.74) is 0. The highest BCUT2D eigenvalue weighted by molar-refractivity contribution is 5.71. The molecule has 0 aromatic heterocycles. The highest BCUT2D eigenvalue weighted by Crippen LogP contribution is 2.14. The van der Waals surface area contributed by atoms with E-state index in [4.69, 9.17) is 14.2 Å². The summed E-state index contributed by atoms with van der Waals surface area (Å²) in [5, 5.41) is 0. The van der Waals surface area contributed by atoms with E-state index >= 15 is 0 Å². The van der Waals surface area contributed by atoms with Crippen molar-refractivity contribution in [1.82, 2.24) is 0 Å². The molecule has 0 saturated carbocycles. The van der Waals surface area contributed by atoms with Crippen molar-refractivity contribution in [2.24, 2.45) is 0 Å². The van der Waals surface area contributed by atoms with Gasteiger partial charge in [-0.2, -0.15) is 0 Å². The zero-order valence-corrected chi connectivity index (χ0v) is 44.3. The van der Waals surface area contributed by atoms with Crippen molar-refractivity contribution < 1.29 is 28.6 Å². The Kier molecular flexibility index (Phi) is 52.9. The fourth-order valence-electron chi connectivity index (χ4n) is 7.55. The van der Waals surface area contributed by atoms with E-state index in [1.165, 1.54) is 89.9 Å². The second kappa shape index (κ2) is 55.9. The van der Waals surface area contributed by atoms with E-state index in [0.29, 0.717) is 19.3 Å². The predicted octanol–water partition coefficient (Wildman–Crippen LogP) is 18.9. The van der Waals surface area contributed by atoms with Gasteiger partial charge in [0.2, 0.25) is 0 Å². The second-order valence-corrected chi connectivity index (χ2v) is 18.5. The summed E-state index contributed by atoms with van der Waals surface area (Å²) >= 11 is 0. The van der Waals surface area contributed by atoms with Crippen LogP contribution in [0.15, 0.2) is 97.2 Å². The van der Waals surface area contributed by atoms with Crippen LogP contribution in [0, 0.1) is 0 Å². The summed E-state index contributed by atoms with van der Waals surface area (Å²) in [7, 11) is 0. The van der Waals surface area contributed by atoms with Crippen LogP contribution in [0.4, 0.5) is 0 Å². The number of rotatable bonds is 50. The molecule has 0 heterocycles. The molecule has 0 aromatic rings. The Labute approximate surface area is 419 Å². The molecule has 0 spiro atoms. The molecule has 6 heteroatoms. The molecule has 1 atom stereocenters. The lowest BCUT2D eigenvalue weighted by atomic mass is 10.1. The van der Waals surface area contributed by atoms with E-state index in [0.717, 1.165) is 128 Å². The molecule has 68 heavy (non-hydrogen) atoms. The maximum Gasteiger partial charge on any atom is 0.306 e. The van der Waals surface area contributed by atoms with Gasteiger partial charge in [0.15, 0.2) is 6.10 Å². The molecular weight excluding hydrogens is 841 g/mol. The topological polar surface area (TPSA) is 78.9 Å². The van der Waals surface area contributed by atoms with Crippen molar-refractivity contribution in [3.63, 3.8) is 0 Å².